The van der Waals surface area contributed by atoms with E-state index in [2.05, 4.69) is 10.4 Å². The number of aliphatic imine (C=N–C) groups is 1. The van der Waals surface area contributed by atoms with Crippen LogP contribution in [0.4, 0.5) is 0 Å². The molecule has 0 spiro atoms. The largest absolute Gasteiger partial charge is 0.312 e. The van der Waals surface area contributed by atoms with Crippen LogP contribution >= 0.6 is 0 Å². The molecule has 1 aliphatic carbocycles. The first-order chi connectivity index (χ1) is 4.88. The van der Waals surface area contributed by atoms with E-state index in [9.17, 15) is 0 Å². The van der Waals surface area contributed by atoms with Gasteiger partial charge in [0.15, 0.2) is 0 Å². The first kappa shape index (κ1) is 7.54. The monoisotopic (exact) mass is 141 g/mol. The van der Waals surface area contributed by atoms with E-state index in [0.29, 0.717) is 5.92 Å². The molecule has 0 bridgehead atoms. The highest BCUT2D eigenvalue weighted by molar-refractivity contribution is 5.84. The van der Waals surface area contributed by atoms with Gasteiger partial charge in [-0.3, -0.25) is 4.99 Å². The van der Waals surface area contributed by atoms with E-state index in [4.69, 9.17) is 5.84 Å². The summed E-state index contributed by atoms with van der Waals surface area (Å²) in [7, 11) is 0. The third kappa shape index (κ3) is 1.48. The van der Waals surface area contributed by atoms with E-state index in [1.807, 2.05) is 6.92 Å². The zero-order valence-corrected chi connectivity index (χ0v) is 6.43. The fourth-order valence-corrected chi connectivity index (χ4v) is 1.14. The molecule has 0 heterocycles. The van der Waals surface area contributed by atoms with Gasteiger partial charge in [0.2, 0.25) is 0 Å². The van der Waals surface area contributed by atoms with Crippen LogP contribution < -0.4 is 11.3 Å². The second kappa shape index (κ2) is 3.56. The van der Waals surface area contributed by atoms with Gasteiger partial charge >= 0.3 is 0 Å². The topological polar surface area (TPSA) is 50.4 Å². The van der Waals surface area contributed by atoms with Gasteiger partial charge in [0.25, 0.3) is 0 Å². The molecule has 3 heteroatoms. The van der Waals surface area contributed by atoms with Gasteiger partial charge in [-0.2, -0.15) is 0 Å². The van der Waals surface area contributed by atoms with E-state index in [0.717, 1.165) is 12.4 Å². The van der Waals surface area contributed by atoms with Crippen LogP contribution in [0.2, 0.25) is 0 Å². The summed E-state index contributed by atoms with van der Waals surface area (Å²) >= 11 is 0. The van der Waals surface area contributed by atoms with E-state index in [-0.39, 0.29) is 0 Å². The molecule has 1 fully saturated rings. The molecule has 0 aromatic rings. The number of nitrogens with one attached hydrogen (secondary N) is 1. The minimum Gasteiger partial charge on any atom is -0.312 e. The Balaban J connectivity index is 2.38. The highest BCUT2D eigenvalue weighted by Gasteiger charge is 2.21. The molecule has 0 aromatic heterocycles. The van der Waals surface area contributed by atoms with Crippen LogP contribution in [-0.4, -0.2) is 12.4 Å². The third-order valence-corrected chi connectivity index (χ3v) is 1.97. The van der Waals surface area contributed by atoms with Gasteiger partial charge in [-0.25, -0.2) is 5.84 Å². The quantitative estimate of drug-likeness (QED) is 0.257. The molecule has 0 amide bonds. The van der Waals surface area contributed by atoms with Crippen LogP contribution in [-0.2, 0) is 0 Å². The first-order valence-corrected chi connectivity index (χ1v) is 3.89. The van der Waals surface area contributed by atoms with Crippen molar-refractivity contribution in [2.24, 2.45) is 16.8 Å². The highest BCUT2D eigenvalue weighted by atomic mass is 15.3. The second-order valence-corrected chi connectivity index (χ2v) is 2.63. The van der Waals surface area contributed by atoms with Gasteiger partial charge in [-0.15, -0.1) is 0 Å². The van der Waals surface area contributed by atoms with Crippen LogP contribution in [0.1, 0.15) is 26.2 Å². The van der Waals surface area contributed by atoms with Gasteiger partial charge in [0.05, 0.1) is 0 Å². The summed E-state index contributed by atoms with van der Waals surface area (Å²) in [5, 5.41) is 0. The number of hydrogen-bond donors (Lipinski definition) is 2. The average molecular weight is 141 g/mol. The maximum atomic E-state index is 5.29. The standard InChI is InChI=1S/C7H15N3/c1-2-9-7(10-8)6-4-3-5-6/h6H,2-5,8H2,1H3,(H,9,10). The Morgan fingerprint density at radius 1 is 1.70 bits per heavy atom. The van der Waals surface area contributed by atoms with Crippen molar-refractivity contribution in [1.82, 2.24) is 5.43 Å². The Morgan fingerprint density at radius 3 is 2.70 bits per heavy atom. The van der Waals surface area contributed by atoms with Gasteiger partial charge in [-0.05, 0) is 19.8 Å². The first-order valence-electron chi connectivity index (χ1n) is 3.89. The van der Waals surface area contributed by atoms with Crippen molar-refractivity contribution >= 4 is 5.84 Å². The molecule has 0 unspecified atom stereocenters. The molecular weight excluding hydrogens is 126 g/mol. The zero-order valence-electron chi connectivity index (χ0n) is 6.43. The zero-order chi connectivity index (χ0) is 7.40. The molecule has 0 radical (unpaired) electrons. The molecule has 3 N–H and O–H groups in total. The summed E-state index contributed by atoms with van der Waals surface area (Å²) in [6.45, 7) is 2.85. The SMILES string of the molecule is CCN=C(NN)C1CCC1. The molecule has 1 rings (SSSR count). The Kier molecular flexibility index (Phi) is 2.68. The van der Waals surface area contributed by atoms with Crippen molar-refractivity contribution < 1.29 is 0 Å². The number of nitrogens with zero attached hydrogens (tertiary/aromatic N) is 1. The van der Waals surface area contributed by atoms with Crippen molar-refractivity contribution in [3.8, 4) is 0 Å². The summed E-state index contributed by atoms with van der Waals surface area (Å²) in [5.41, 5.74) is 2.65. The van der Waals surface area contributed by atoms with Gasteiger partial charge in [0, 0.05) is 12.5 Å². The van der Waals surface area contributed by atoms with Gasteiger partial charge in [0.1, 0.15) is 5.84 Å². The number of amidine groups is 1. The van der Waals surface area contributed by atoms with E-state index < -0.39 is 0 Å². The summed E-state index contributed by atoms with van der Waals surface area (Å²) < 4.78 is 0. The molecule has 0 aromatic carbocycles. The van der Waals surface area contributed by atoms with E-state index in [1.54, 1.807) is 0 Å². The molecule has 0 aliphatic heterocycles. The van der Waals surface area contributed by atoms with E-state index in [1.165, 1.54) is 19.3 Å². The lowest BCUT2D eigenvalue weighted by Crippen LogP contribution is -2.39. The summed E-state index contributed by atoms with van der Waals surface area (Å²) in [4.78, 5) is 4.25. The van der Waals surface area contributed by atoms with Crippen molar-refractivity contribution in [3.63, 3.8) is 0 Å². The molecule has 3 nitrogen and oxygen atoms in total. The minimum absolute atomic E-state index is 0.630. The Bertz CT molecular complexity index is 127. The number of rotatable bonds is 2. The molecular formula is C7H15N3. The van der Waals surface area contributed by atoms with Crippen LogP contribution in [0.25, 0.3) is 0 Å². The number of hydrazine groups is 1. The number of hydrogen-bond acceptors (Lipinski definition) is 2. The summed E-state index contributed by atoms with van der Waals surface area (Å²) in [5.74, 6) is 6.91. The number of nitrogens with two attached hydrogens (primary N) is 1. The van der Waals surface area contributed by atoms with Crippen LogP contribution in [0.5, 0.6) is 0 Å². The summed E-state index contributed by atoms with van der Waals surface area (Å²) in [6.07, 6.45) is 3.83. The Hall–Kier alpha value is -0.570. The lowest BCUT2D eigenvalue weighted by Gasteiger charge is -2.26. The fraction of sp³-hybridized carbons (Fsp3) is 0.857. The molecule has 0 saturated heterocycles. The van der Waals surface area contributed by atoms with Crippen LogP contribution in [0, 0.1) is 5.92 Å². The highest BCUT2D eigenvalue weighted by Crippen LogP contribution is 2.26. The maximum Gasteiger partial charge on any atom is 0.113 e. The average Bonchev–Trinajstić information content (AvgIpc) is 1.83. The molecule has 58 valence electrons. The smallest absolute Gasteiger partial charge is 0.113 e. The Morgan fingerprint density at radius 2 is 2.40 bits per heavy atom. The predicted octanol–water partition coefficient (Wildman–Crippen LogP) is 0.668. The molecule has 1 saturated carbocycles. The van der Waals surface area contributed by atoms with Crippen LogP contribution in [0.15, 0.2) is 4.99 Å². The minimum atomic E-state index is 0.630. The van der Waals surface area contributed by atoms with Crippen molar-refractivity contribution in [2.75, 3.05) is 6.54 Å². The predicted molar refractivity (Wildman–Crippen MR) is 42.6 cm³/mol. The van der Waals surface area contributed by atoms with Crippen LogP contribution in [0.3, 0.4) is 0 Å². The molecule has 1 aliphatic rings. The lowest BCUT2D eigenvalue weighted by molar-refractivity contribution is 0.404. The fourth-order valence-electron chi connectivity index (χ4n) is 1.14. The lowest BCUT2D eigenvalue weighted by atomic mass is 9.84. The molecule has 0 atom stereocenters. The van der Waals surface area contributed by atoms with E-state index >= 15 is 0 Å². The molecule has 10 heavy (non-hydrogen) atoms. The second-order valence-electron chi connectivity index (χ2n) is 2.63. The summed E-state index contributed by atoms with van der Waals surface area (Å²) in [6, 6.07) is 0. The van der Waals surface area contributed by atoms with Crippen molar-refractivity contribution in [2.45, 2.75) is 26.2 Å². The van der Waals surface area contributed by atoms with Gasteiger partial charge < -0.3 is 5.43 Å². The van der Waals surface area contributed by atoms with Crippen molar-refractivity contribution in [1.29, 1.82) is 0 Å². The van der Waals surface area contributed by atoms with Crippen molar-refractivity contribution in [3.05, 3.63) is 0 Å². The van der Waals surface area contributed by atoms with Gasteiger partial charge in [-0.1, -0.05) is 6.42 Å². The third-order valence-electron chi connectivity index (χ3n) is 1.97. The normalized spacial score (nSPS) is 20.4. The Labute approximate surface area is 61.7 Å². The maximum absolute atomic E-state index is 5.29.